The van der Waals surface area contributed by atoms with Gasteiger partial charge in [0.25, 0.3) is 5.56 Å². The SMILES string of the molecule is COCCCCNc1c(N)n(CC(C)C)c(=O)n(C)c1=O. The Hall–Kier alpha value is -1.76. The molecule has 7 nitrogen and oxygen atoms in total. The van der Waals surface area contributed by atoms with Crippen LogP contribution in [0.25, 0.3) is 0 Å². The minimum absolute atomic E-state index is 0.212. The topological polar surface area (TPSA) is 91.3 Å². The van der Waals surface area contributed by atoms with Gasteiger partial charge in [-0.15, -0.1) is 0 Å². The smallest absolute Gasteiger partial charge is 0.332 e. The monoisotopic (exact) mass is 298 g/mol. The molecule has 120 valence electrons. The summed E-state index contributed by atoms with van der Waals surface area (Å²) in [5.74, 6) is 0.473. The molecule has 0 radical (unpaired) electrons. The third kappa shape index (κ3) is 4.35. The van der Waals surface area contributed by atoms with Gasteiger partial charge in [0, 0.05) is 33.9 Å². The molecule has 0 bridgehead atoms. The normalized spacial score (nSPS) is 11.1. The van der Waals surface area contributed by atoms with Gasteiger partial charge in [-0.2, -0.15) is 0 Å². The molecule has 0 spiro atoms. The van der Waals surface area contributed by atoms with Gasteiger partial charge in [-0.3, -0.25) is 13.9 Å². The van der Waals surface area contributed by atoms with E-state index in [4.69, 9.17) is 10.5 Å². The summed E-state index contributed by atoms with van der Waals surface area (Å²) in [6, 6.07) is 0. The van der Waals surface area contributed by atoms with Crippen LogP contribution in [0.15, 0.2) is 9.59 Å². The maximum absolute atomic E-state index is 12.2. The average molecular weight is 298 g/mol. The van der Waals surface area contributed by atoms with E-state index in [9.17, 15) is 9.59 Å². The summed E-state index contributed by atoms with van der Waals surface area (Å²) >= 11 is 0. The fourth-order valence-electron chi connectivity index (χ4n) is 2.08. The van der Waals surface area contributed by atoms with Crippen LogP contribution in [0.5, 0.6) is 0 Å². The van der Waals surface area contributed by atoms with Crippen LogP contribution in [0.1, 0.15) is 26.7 Å². The Morgan fingerprint density at radius 2 is 1.95 bits per heavy atom. The molecule has 1 rings (SSSR count). The van der Waals surface area contributed by atoms with Gasteiger partial charge >= 0.3 is 5.69 Å². The Bertz CT molecular complexity index is 575. The molecule has 3 N–H and O–H groups in total. The summed E-state index contributed by atoms with van der Waals surface area (Å²) in [6.45, 7) is 5.77. The van der Waals surface area contributed by atoms with E-state index in [1.54, 1.807) is 7.11 Å². The van der Waals surface area contributed by atoms with Gasteiger partial charge in [-0.05, 0) is 18.8 Å². The highest BCUT2D eigenvalue weighted by atomic mass is 16.5. The quantitative estimate of drug-likeness (QED) is 0.687. The van der Waals surface area contributed by atoms with Gasteiger partial charge in [0.2, 0.25) is 0 Å². The van der Waals surface area contributed by atoms with E-state index in [2.05, 4.69) is 5.32 Å². The zero-order valence-electron chi connectivity index (χ0n) is 13.3. The highest BCUT2D eigenvalue weighted by molar-refractivity contribution is 5.60. The Kier molecular flexibility index (Phi) is 6.48. The summed E-state index contributed by atoms with van der Waals surface area (Å²) in [6.07, 6.45) is 1.76. The van der Waals surface area contributed by atoms with Crippen LogP contribution < -0.4 is 22.3 Å². The second-order valence-electron chi connectivity index (χ2n) is 5.54. The average Bonchev–Trinajstić information content (AvgIpc) is 2.44. The van der Waals surface area contributed by atoms with Crippen molar-refractivity contribution in [3.05, 3.63) is 20.8 Å². The number of nitrogen functional groups attached to an aromatic ring is 1. The number of aromatic nitrogens is 2. The molecule has 21 heavy (non-hydrogen) atoms. The van der Waals surface area contributed by atoms with E-state index in [-0.39, 0.29) is 23.0 Å². The minimum atomic E-state index is -0.385. The van der Waals surface area contributed by atoms with Crippen molar-refractivity contribution in [3.63, 3.8) is 0 Å². The van der Waals surface area contributed by atoms with Crippen molar-refractivity contribution in [1.82, 2.24) is 9.13 Å². The number of methoxy groups -OCH3 is 1. The number of hydrogen-bond acceptors (Lipinski definition) is 5. The van der Waals surface area contributed by atoms with Crippen molar-refractivity contribution >= 4 is 11.5 Å². The molecule has 1 aromatic rings. The molecule has 0 saturated heterocycles. The van der Waals surface area contributed by atoms with Crippen LogP contribution in [0, 0.1) is 5.92 Å². The molecule has 1 aromatic heterocycles. The molecule has 1 heterocycles. The van der Waals surface area contributed by atoms with E-state index in [0.29, 0.717) is 25.4 Å². The molecular formula is C14H26N4O3. The third-order valence-corrected chi connectivity index (χ3v) is 3.21. The molecule has 0 aliphatic rings. The van der Waals surface area contributed by atoms with E-state index in [1.807, 2.05) is 13.8 Å². The van der Waals surface area contributed by atoms with Crippen molar-refractivity contribution in [2.24, 2.45) is 13.0 Å². The predicted octanol–water partition coefficient (Wildman–Crippen LogP) is 0.624. The van der Waals surface area contributed by atoms with Crippen molar-refractivity contribution in [3.8, 4) is 0 Å². The summed E-state index contributed by atoms with van der Waals surface area (Å²) in [4.78, 5) is 24.3. The van der Waals surface area contributed by atoms with Crippen LogP contribution in [0.4, 0.5) is 11.5 Å². The number of nitrogens with two attached hydrogens (primary N) is 1. The fraction of sp³-hybridized carbons (Fsp3) is 0.714. The number of rotatable bonds is 8. The van der Waals surface area contributed by atoms with Gasteiger partial charge in [0.05, 0.1) is 0 Å². The number of unbranched alkanes of at least 4 members (excludes halogenated alkanes) is 1. The van der Waals surface area contributed by atoms with E-state index in [1.165, 1.54) is 11.6 Å². The van der Waals surface area contributed by atoms with Gasteiger partial charge in [0.15, 0.2) is 0 Å². The number of hydrogen-bond donors (Lipinski definition) is 2. The lowest BCUT2D eigenvalue weighted by molar-refractivity contribution is 0.194. The Balaban J connectivity index is 3.00. The largest absolute Gasteiger partial charge is 0.385 e. The second kappa shape index (κ2) is 7.87. The standard InChI is InChI=1S/C14H26N4O3/c1-10(2)9-18-12(15)11(13(19)17(3)14(18)20)16-7-5-6-8-21-4/h10,16H,5-9,15H2,1-4H3. The van der Waals surface area contributed by atoms with E-state index < -0.39 is 0 Å². The third-order valence-electron chi connectivity index (χ3n) is 3.21. The van der Waals surface area contributed by atoms with Crippen LogP contribution >= 0.6 is 0 Å². The maximum atomic E-state index is 12.2. The molecule has 0 aliphatic carbocycles. The summed E-state index contributed by atoms with van der Waals surface area (Å²) in [5, 5.41) is 3.05. The molecule has 0 atom stereocenters. The number of anilines is 2. The molecule has 0 aliphatic heterocycles. The number of nitrogens with zero attached hydrogens (tertiary/aromatic N) is 2. The van der Waals surface area contributed by atoms with E-state index in [0.717, 1.165) is 17.4 Å². The molecule has 7 heteroatoms. The zero-order valence-corrected chi connectivity index (χ0v) is 13.3. The van der Waals surface area contributed by atoms with Gasteiger partial charge < -0.3 is 15.8 Å². The van der Waals surface area contributed by atoms with Crippen molar-refractivity contribution in [2.75, 3.05) is 31.3 Å². The lowest BCUT2D eigenvalue weighted by Crippen LogP contribution is -2.41. The van der Waals surface area contributed by atoms with Crippen molar-refractivity contribution < 1.29 is 4.74 Å². The van der Waals surface area contributed by atoms with Gasteiger partial charge in [-0.25, -0.2) is 4.79 Å². The first-order valence-corrected chi connectivity index (χ1v) is 7.22. The Morgan fingerprint density at radius 1 is 1.29 bits per heavy atom. The van der Waals surface area contributed by atoms with Crippen LogP contribution in [-0.4, -0.2) is 29.4 Å². The van der Waals surface area contributed by atoms with Crippen molar-refractivity contribution in [2.45, 2.75) is 33.2 Å². The zero-order chi connectivity index (χ0) is 16.0. The van der Waals surface area contributed by atoms with Crippen LogP contribution in [0.3, 0.4) is 0 Å². The first-order valence-electron chi connectivity index (χ1n) is 7.22. The second-order valence-corrected chi connectivity index (χ2v) is 5.54. The Morgan fingerprint density at radius 3 is 2.52 bits per heavy atom. The van der Waals surface area contributed by atoms with Crippen LogP contribution in [0.2, 0.25) is 0 Å². The first-order chi connectivity index (χ1) is 9.90. The lowest BCUT2D eigenvalue weighted by atomic mass is 10.2. The number of nitrogens with one attached hydrogen (secondary N) is 1. The molecule has 0 aromatic carbocycles. The lowest BCUT2D eigenvalue weighted by Gasteiger charge is -2.17. The predicted molar refractivity (Wildman–Crippen MR) is 84.8 cm³/mol. The molecular weight excluding hydrogens is 272 g/mol. The van der Waals surface area contributed by atoms with Crippen LogP contribution in [-0.2, 0) is 18.3 Å². The number of ether oxygens (including phenoxy) is 1. The summed E-state index contributed by atoms with van der Waals surface area (Å²) in [7, 11) is 3.13. The summed E-state index contributed by atoms with van der Waals surface area (Å²) < 4.78 is 7.52. The van der Waals surface area contributed by atoms with E-state index >= 15 is 0 Å². The minimum Gasteiger partial charge on any atom is -0.385 e. The molecule has 0 saturated carbocycles. The fourth-order valence-corrected chi connectivity index (χ4v) is 2.08. The summed E-state index contributed by atoms with van der Waals surface area (Å²) in [5.41, 5.74) is 5.54. The highest BCUT2D eigenvalue weighted by Gasteiger charge is 2.15. The maximum Gasteiger partial charge on any atom is 0.332 e. The van der Waals surface area contributed by atoms with Crippen molar-refractivity contribution in [1.29, 1.82) is 0 Å². The first kappa shape index (κ1) is 17.3. The molecule has 0 amide bonds. The van der Waals surface area contributed by atoms with Gasteiger partial charge in [0.1, 0.15) is 11.5 Å². The molecule has 0 unspecified atom stereocenters. The Labute approximate surface area is 124 Å². The highest BCUT2D eigenvalue weighted by Crippen LogP contribution is 2.12. The molecule has 0 fully saturated rings. The van der Waals surface area contributed by atoms with Gasteiger partial charge in [-0.1, -0.05) is 13.8 Å².